The smallest absolute Gasteiger partial charge is 0.221 e. The zero-order valence-electron chi connectivity index (χ0n) is 20.6. The Morgan fingerprint density at radius 1 is 1.16 bits per heavy atom. The lowest BCUT2D eigenvalue weighted by atomic mass is 10.1. The summed E-state index contributed by atoms with van der Waals surface area (Å²) in [7, 11) is 0. The zero-order valence-corrected chi connectivity index (χ0v) is 21.3. The Labute approximate surface area is 223 Å². The second-order valence-electron chi connectivity index (χ2n) is 8.78. The maximum absolute atomic E-state index is 14.3. The minimum absolute atomic E-state index is 0.0863. The number of aliphatic hydroxyl groups is 1. The minimum Gasteiger partial charge on any atom is -0.389 e. The van der Waals surface area contributed by atoms with Gasteiger partial charge in [0.2, 0.25) is 5.91 Å². The predicted octanol–water partition coefficient (Wildman–Crippen LogP) is 3.08. The summed E-state index contributed by atoms with van der Waals surface area (Å²) >= 11 is 6.08. The summed E-state index contributed by atoms with van der Waals surface area (Å²) in [4.78, 5) is 16.1. The molecular weight excluding hydrogens is 518 g/mol. The number of aliphatic hydroxyl groups excluding tert-OH is 1. The second kappa shape index (κ2) is 13.4. The van der Waals surface area contributed by atoms with Crippen molar-refractivity contribution in [1.29, 1.82) is 0 Å². The monoisotopic (exact) mass is 546 g/mol. The molecule has 0 fully saturated rings. The number of halogens is 3. The highest BCUT2D eigenvalue weighted by molar-refractivity contribution is 6.31. The highest BCUT2D eigenvalue weighted by Crippen LogP contribution is 2.24. The quantitative estimate of drug-likeness (QED) is 0.210. The summed E-state index contributed by atoms with van der Waals surface area (Å²) < 4.78 is 36.9. The topological polar surface area (TPSA) is 106 Å². The van der Waals surface area contributed by atoms with Crippen LogP contribution in [0.2, 0.25) is 5.02 Å². The van der Waals surface area contributed by atoms with Crippen molar-refractivity contribution in [3.8, 4) is 0 Å². The van der Waals surface area contributed by atoms with Crippen molar-refractivity contribution >= 4 is 28.4 Å². The first kappa shape index (κ1) is 27.6. The lowest BCUT2D eigenvalue weighted by Crippen LogP contribution is -2.37. The highest BCUT2D eigenvalue weighted by atomic mass is 35.5. The molecule has 38 heavy (non-hydrogen) atoms. The van der Waals surface area contributed by atoms with E-state index in [1.807, 2.05) is 35.0 Å². The van der Waals surface area contributed by atoms with Gasteiger partial charge in [-0.3, -0.25) is 9.48 Å². The Bertz CT molecular complexity index is 1330. The molecule has 12 heteroatoms. The van der Waals surface area contributed by atoms with Crippen molar-refractivity contribution in [1.82, 2.24) is 30.0 Å². The molecule has 2 aromatic carbocycles. The van der Waals surface area contributed by atoms with Gasteiger partial charge in [0.15, 0.2) is 0 Å². The number of nitrogens with one attached hydrogen (secondary N) is 2. The molecule has 0 aliphatic rings. The van der Waals surface area contributed by atoms with Gasteiger partial charge in [-0.05, 0) is 29.7 Å². The Kier molecular flexibility index (Phi) is 9.77. The number of benzene rings is 2. The summed E-state index contributed by atoms with van der Waals surface area (Å²) in [5.74, 6) is -1.52. The van der Waals surface area contributed by atoms with E-state index in [0.717, 1.165) is 23.0 Å². The van der Waals surface area contributed by atoms with E-state index in [2.05, 4.69) is 20.7 Å². The molecule has 2 atom stereocenters. The number of amides is 1. The molecular formula is C26H29ClF2N6O3. The summed E-state index contributed by atoms with van der Waals surface area (Å²) in [6.45, 7) is 1.61. The average Bonchev–Trinajstić information content (AvgIpc) is 3.55. The van der Waals surface area contributed by atoms with Crippen LogP contribution in [0, 0.1) is 11.6 Å². The maximum Gasteiger partial charge on any atom is 0.221 e. The van der Waals surface area contributed by atoms with Gasteiger partial charge >= 0.3 is 0 Å². The van der Waals surface area contributed by atoms with Crippen LogP contribution >= 0.6 is 11.6 Å². The van der Waals surface area contributed by atoms with Crippen molar-refractivity contribution in [2.24, 2.45) is 0 Å². The molecule has 2 aromatic heterocycles. The fourth-order valence-electron chi connectivity index (χ4n) is 4.01. The molecule has 1 amide bonds. The fraction of sp³-hybridized carbons (Fsp3) is 0.346. The lowest BCUT2D eigenvalue weighted by Gasteiger charge is -2.21. The van der Waals surface area contributed by atoms with E-state index >= 15 is 0 Å². The van der Waals surface area contributed by atoms with Gasteiger partial charge in [-0.2, -0.15) is 5.10 Å². The van der Waals surface area contributed by atoms with Crippen LogP contribution in [0.15, 0.2) is 61.3 Å². The molecule has 0 aliphatic heterocycles. The second-order valence-corrected chi connectivity index (χ2v) is 9.21. The summed E-state index contributed by atoms with van der Waals surface area (Å²) in [5, 5.41) is 21.9. The first-order valence-corrected chi connectivity index (χ1v) is 12.6. The van der Waals surface area contributed by atoms with Gasteiger partial charge in [-0.1, -0.05) is 23.7 Å². The highest BCUT2D eigenvalue weighted by Gasteiger charge is 2.20. The van der Waals surface area contributed by atoms with Crippen LogP contribution in [0.3, 0.4) is 0 Å². The molecule has 0 radical (unpaired) electrons. The normalized spacial score (nSPS) is 13.1. The number of carbonyl (C=O) groups is 1. The van der Waals surface area contributed by atoms with Crippen LogP contribution in [0.1, 0.15) is 18.1 Å². The maximum atomic E-state index is 14.3. The van der Waals surface area contributed by atoms with Crippen molar-refractivity contribution in [2.75, 3.05) is 26.2 Å². The molecule has 0 saturated carbocycles. The molecule has 202 valence electrons. The summed E-state index contributed by atoms with van der Waals surface area (Å²) in [5.41, 5.74) is 1.13. The van der Waals surface area contributed by atoms with Gasteiger partial charge in [-0.15, -0.1) is 0 Å². The molecule has 0 bridgehead atoms. The van der Waals surface area contributed by atoms with Gasteiger partial charge in [0, 0.05) is 61.0 Å². The number of hydrogen-bond acceptors (Lipinski definition) is 6. The number of fused-ring (bicyclic) bond motifs is 1. The van der Waals surface area contributed by atoms with Gasteiger partial charge in [-0.25, -0.2) is 13.8 Å². The molecule has 2 unspecified atom stereocenters. The molecule has 2 heterocycles. The van der Waals surface area contributed by atoms with Crippen LogP contribution in [0.5, 0.6) is 0 Å². The predicted molar refractivity (Wildman–Crippen MR) is 139 cm³/mol. The molecule has 0 aliphatic carbocycles. The lowest BCUT2D eigenvalue weighted by molar-refractivity contribution is -0.121. The number of ether oxygens (including phenoxy) is 1. The first-order chi connectivity index (χ1) is 18.4. The van der Waals surface area contributed by atoms with Gasteiger partial charge in [0.25, 0.3) is 0 Å². The van der Waals surface area contributed by atoms with E-state index in [4.69, 9.17) is 16.3 Å². The number of hydrogen-bond donors (Lipinski definition) is 3. The van der Waals surface area contributed by atoms with Crippen LogP contribution in [0.4, 0.5) is 8.78 Å². The average molecular weight is 547 g/mol. The molecule has 4 aromatic rings. The van der Waals surface area contributed by atoms with E-state index in [1.54, 1.807) is 0 Å². The minimum atomic E-state index is -0.888. The van der Waals surface area contributed by atoms with Crippen molar-refractivity contribution in [2.45, 2.75) is 31.7 Å². The van der Waals surface area contributed by atoms with Crippen molar-refractivity contribution in [3.63, 3.8) is 0 Å². The van der Waals surface area contributed by atoms with E-state index in [1.165, 1.54) is 23.4 Å². The third-order valence-corrected chi connectivity index (χ3v) is 6.17. The summed E-state index contributed by atoms with van der Waals surface area (Å²) in [6.07, 6.45) is 3.36. The van der Waals surface area contributed by atoms with E-state index in [9.17, 15) is 18.7 Å². The van der Waals surface area contributed by atoms with E-state index in [0.29, 0.717) is 31.1 Å². The summed E-state index contributed by atoms with van der Waals surface area (Å²) in [6, 6.07) is 10.9. The first-order valence-electron chi connectivity index (χ1n) is 12.2. The molecule has 4 rings (SSSR count). The van der Waals surface area contributed by atoms with Crippen molar-refractivity contribution < 1.29 is 23.4 Å². The third kappa shape index (κ3) is 7.81. The van der Waals surface area contributed by atoms with E-state index < -0.39 is 23.8 Å². The van der Waals surface area contributed by atoms with Crippen molar-refractivity contribution in [3.05, 3.63) is 83.5 Å². The van der Waals surface area contributed by atoms with Gasteiger partial charge < -0.3 is 25.0 Å². The van der Waals surface area contributed by atoms with Gasteiger partial charge in [0.1, 0.15) is 30.4 Å². The number of aryl methyl sites for hydroxylation is 1. The Morgan fingerprint density at radius 2 is 2.03 bits per heavy atom. The Morgan fingerprint density at radius 3 is 2.82 bits per heavy atom. The largest absolute Gasteiger partial charge is 0.389 e. The molecule has 9 nitrogen and oxygen atoms in total. The Hall–Kier alpha value is -3.38. The van der Waals surface area contributed by atoms with Crippen LogP contribution < -0.4 is 10.6 Å². The molecule has 0 spiro atoms. The number of nitrogens with zero attached hydrogens (tertiary/aromatic N) is 4. The van der Waals surface area contributed by atoms with Crippen LogP contribution in [-0.2, 0) is 22.6 Å². The molecule has 3 N–H and O–H groups in total. The zero-order chi connectivity index (χ0) is 26.9. The number of carbonyl (C=O) groups excluding carboxylic acids is 1. The fourth-order valence-corrected chi connectivity index (χ4v) is 4.17. The van der Waals surface area contributed by atoms with Crippen LogP contribution in [0.25, 0.3) is 10.9 Å². The third-order valence-electron chi connectivity index (χ3n) is 5.94. The SMILES string of the molecule is O=C(CCn1ccc2ccc(Cl)cc21)NCCNCC(O)COC(Cn1cncn1)c1ccc(F)cc1F. The Balaban J connectivity index is 1.15. The number of rotatable bonds is 14. The van der Waals surface area contributed by atoms with Gasteiger partial charge in [0.05, 0.1) is 19.3 Å². The number of aromatic nitrogens is 4. The van der Waals surface area contributed by atoms with Crippen LogP contribution in [-0.4, -0.2) is 62.7 Å². The standard InChI is InChI=1S/C26H29ClF2N6O3/c27-19-2-1-18-5-9-34(24(18)11-19)10-6-26(37)32-8-7-30-13-21(36)15-38-25(14-35-17-31-16-33-35)22-4-3-20(28)12-23(22)29/h1-5,9,11-12,16-17,21,25,30,36H,6-8,10,13-15H2,(H,32,37). The van der Waals surface area contributed by atoms with E-state index in [-0.39, 0.29) is 31.2 Å². The molecule has 0 saturated heterocycles.